The number of para-hydroxylation sites is 2. The second-order valence-corrected chi connectivity index (χ2v) is 8.18. The highest BCUT2D eigenvalue weighted by atomic mass is 35.5. The van der Waals surface area contributed by atoms with Crippen LogP contribution in [0.5, 0.6) is 17.2 Å². The van der Waals surface area contributed by atoms with E-state index in [1.807, 2.05) is 0 Å². The molecule has 0 aliphatic carbocycles. The molecule has 3 aromatic rings. The number of carbonyl (C=O) groups excluding carboxylic acids is 1. The van der Waals surface area contributed by atoms with Gasteiger partial charge in [0, 0.05) is 19.7 Å². The summed E-state index contributed by atoms with van der Waals surface area (Å²) in [7, 11) is 1.94. The van der Waals surface area contributed by atoms with Crippen LogP contribution in [0.1, 0.15) is 5.69 Å². The van der Waals surface area contributed by atoms with Gasteiger partial charge < -0.3 is 18.9 Å². The summed E-state index contributed by atoms with van der Waals surface area (Å²) in [5.41, 5.74) is -6.51. The summed E-state index contributed by atoms with van der Waals surface area (Å²) in [6.45, 7) is -0.111. The molecule has 204 valence electrons. The lowest BCUT2D eigenvalue weighted by molar-refractivity contribution is -0.172. The Bertz CT molecular complexity index is 1460. The van der Waals surface area contributed by atoms with E-state index in [0.717, 1.165) is 13.1 Å². The van der Waals surface area contributed by atoms with Crippen LogP contribution >= 0.6 is 23.2 Å². The number of carbonyl (C=O) groups is 1. The molecule has 0 radical (unpaired) electrons. The molecule has 1 unspecified atom stereocenters. The second kappa shape index (κ2) is 11.9. The van der Waals surface area contributed by atoms with Crippen LogP contribution in [-0.2, 0) is 27.5 Å². The standard InChI is InChI=1S/C23H18Cl2F4N2O7/c1-31-18(23(27,28)29)17(19(32)30-22(31)34)11-9-16(12(25)10-13(11)26)37-14-5-3-4-6-15(14)38-21(35-2)20(33)36-8-7-24/h3-6,9-10,21H,7-8H2,1-2H3,(H,30,32,34). The van der Waals surface area contributed by atoms with Crippen LogP contribution in [0.3, 0.4) is 0 Å². The van der Waals surface area contributed by atoms with Crippen LogP contribution in [0, 0.1) is 5.82 Å². The molecule has 0 bridgehead atoms. The molecule has 38 heavy (non-hydrogen) atoms. The maximum Gasteiger partial charge on any atom is 0.432 e. The number of aromatic amines is 1. The number of benzene rings is 2. The van der Waals surface area contributed by atoms with Gasteiger partial charge in [-0.15, -0.1) is 11.6 Å². The van der Waals surface area contributed by atoms with Crippen LogP contribution in [0.4, 0.5) is 17.6 Å². The van der Waals surface area contributed by atoms with Crippen LogP contribution in [0.2, 0.25) is 5.02 Å². The van der Waals surface area contributed by atoms with E-state index in [-0.39, 0.29) is 39.3 Å². The summed E-state index contributed by atoms with van der Waals surface area (Å²) < 4.78 is 77.4. The van der Waals surface area contributed by atoms with E-state index in [0.29, 0.717) is 6.07 Å². The molecule has 0 aliphatic rings. The molecule has 9 nitrogen and oxygen atoms in total. The zero-order valence-corrected chi connectivity index (χ0v) is 21.0. The highest BCUT2D eigenvalue weighted by Crippen LogP contribution is 2.41. The maximum atomic E-state index is 14.9. The number of methoxy groups -OCH3 is 1. The normalized spacial score (nSPS) is 12.2. The van der Waals surface area contributed by atoms with E-state index in [1.165, 1.54) is 31.4 Å². The van der Waals surface area contributed by atoms with Gasteiger partial charge in [-0.3, -0.25) is 14.3 Å². The van der Waals surface area contributed by atoms with Crippen LogP contribution in [0.25, 0.3) is 11.1 Å². The number of esters is 1. The Kier molecular flexibility index (Phi) is 9.07. The van der Waals surface area contributed by atoms with Gasteiger partial charge in [-0.2, -0.15) is 13.2 Å². The summed E-state index contributed by atoms with van der Waals surface area (Å²) in [6, 6.07) is 7.13. The van der Waals surface area contributed by atoms with Crippen molar-refractivity contribution in [2.45, 2.75) is 12.5 Å². The van der Waals surface area contributed by atoms with E-state index in [4.69, 9.17) is 42.1 Å². The Hall–Kier alpha value is -3.55. The van der Waals surface area contributed by atoms with Crippen molar-refractivity contribution in [3.05, 3.63) is 73.8 Å². The lowest BCUT2D eigenvalue weighted by atomic mass is 10.0. The zero-order valence-electron chi connectivity index (χ0n) is 19.5. The maximum absolute atomic E-state index is 14.9. The Morgan fingerprint density at radius 3 is 2.39 bits per heavy atom. The minimum Gasteiger partial charge on any atom is -0.460 e. The minimum absolute atomic E-state index is 0.0295. The average molecular weight is 581 g/mol. The van der Waals surface area contributed by atoms with Gasteiger partial charge in [0.15, 0.2) is 11.5 Å². The van der Waals surface area contributed by atoms with Crippen LogP contribution in [0.15, 0.2) is 46.0 Å². The summed E-state index contributed by atoms with van der Waals surface area (Å²) in [4.78, 5) is 38.0. The fourth-order valence-corrected chi connectivity index (χ4v) is 3.53. The molecule has 0 saturated carbocycles. The molecular weight excluding hydrogens is 563 g/mol. The van der Waals surface area contributed by atoms with Crippen molar-refractivity contribution in [1.29, 1.82) is 0 Å². The molecule has 1 heterocycles. The summed E-state index contributed by atoms with van der Waals surface area (Å²) in [6.07, 6.45) is -6.74. The second-order valence-electron chi connectivity index (χ2n) is 7.39. The molecule has 0 amide bonds. The molecule has 3 rings (SSSR count). The van der Waals surface area contributed by atoms with E-state index in [9.17, 15) is 31.9 Å². The van der Waals surface area contributed by atoms with Crippen molar-refractivity contribution < 1.29 is 41.3 Å². The third-order valence-electron chi connectivity index (χ3n) is 4.91. The molecule has 1 aromatic heterocycles. The molecule has 1 N–H and O–H groups in total. The van der Waals surface area contributed by atoms with E-state index in [1.54, 1.807) is 4.98 Å². The number of alkyl halides is 4. The fraction of sp³-hybridized carbons (Fsp3) is 0.261. The summed E-state index contributed by atoms with van der Waals surface area (Å²) in [5.74, 6) is -2.73. The van der Waals surface area contributed by atoms with E-state index >= 15 is 0 Å². The summed E-state index contributed by atoms with van der Waals surface area (Å²) in [5, 5.41) is -0.374. The van der Waals surface area contributed by atoms with Crippen molar-refractivity contribution >= 4 is 29.2 Å². The minimum atomic E-state index is -5.20. The van der Waals surface area contributed by atoms with Crippen molar-refractivity contribution in [2.24, 2.45) is 7.05 Å². The quantitative estimate of drug-likeness (QED) is 0.172. The average Bonchev–Trinajstić information content (AvgIpc) is 2.85. The molecule has 0 aliphatic heterocycles. The van der Waals surface area contributed by atoms with Crippen molar-refractivity contribution in [1.82, 2.24) is 9.55 Å². The third-order valence-corrected chi connectivity index (χ3v) is 5.36. The van der Waals surface area contributed by atoms with Gasteiger partial charge in [-0.1, -0.05) is 23.7 Å². The number of H-pyrrole nitrogens is 1. The molecule has 1 atom stereocenters. The van der Waals surface area contributed by atoms with Gasteiger partial charge in [0.1, 0.15) is 23.9 Å². The third kappa shape index (κ3) is 6.29. The molecular formula is C23H18Cl2F4N2O7. The van der Waals surface area contributed by atoms with E-state index in [2.05, 4.69) is 0 Å². The highest BCUT2D eigenvalue weighted by Gasteiger charge is 2.39. The predicted octanol–water partition coefficient (Wildman–Crippen LogP) is 4.48. The Morgan fingerprint density at radius 1 is 1.13 bits per heavy atom. The number of nitrogens with zero attached hydrogens (tertiary/aromatic N) is 1. The number of ether oxygens (including phenoxy) is 4. The Balaban J connectivity index is 2.08. The first-order valence-electron chi connectivity index (χ1n) is 10.5. The van der Waals surface area contributed by atoms with Gasteiger partial charge in [0.25, 0.3) is 11.8 Å². The molecule has 2 aromatic carbocycles. The molecule has 0 fully saturated rings. The lowest BCUT2D eigenvalue weighted by Crippen LogP contribution is -2.35. The van der Waals surface area contributed by atoms with Gasteiger partial charge in [-0.25, -0.2) is 14.0 Å². The number of hydrogen-bond donors (Lipinski definition) is 1. The van der Waals surface area contributed by atoms with Crippen molar-refractivity contribution in [2.75, 3.05) is 19.6 Å². The fourth-order valence-electron chi connectivity index (χ4n) is 3.27. The number of nitrogens with one attached hydrogen (secondary N) is 1. The lowest BCUT2D eigenvalue weighted by Gasteiger charge is -2.19. The van der Waals surface area contributed by atoms with Gasteiger partial charge >= 0.3 is 17.8 Å². The Labute approximate surface area is 221 Å². The van der Waals surface area contributed by atoms with Gasteiger partial charge in [-0.05, 0) is 24.3 Å². The van der Waals surface area contributed by atoms with Crippen molar-refractivity contribution in [3.8, 4) is 28.4 Å². The summed E-state index contributed by atoms with van der Waals surface area (Å²) >= 11 is 11.6. The van der Waals surface area contributed by atoms with Crippen LogP contribution < -0.4 is 20.7 Å². The zero-order chi connectivity index (χ0) is 28.2. The monoisotopic (exact) mass is 580 g/mol. The number of aromatic nitrogens is 2. The first kappa shape index (κ1) is 29.0. The number of hydrogen-bond acceptors (Lipinski definition) is 7. The highest BCUT2D eigenvalue weighted by molar-refractivity contribution is 6.32. The molecule has 15 heteroatoms. The molecule has 0 saturated heterocycles. The number of halogens is 6. The smallest absolute Gasteiger partial charge is 0.432 e. The topological polar surface area (TPSA) is 109 Å². The molecule has 0 spiro atoms. The first-order valence-corrected chi connectivity index (χ1v) is 11.4. The van der Waals surface area contributed by atoms with Gasteiger partial charge in [0.2, 0.25) is 0 Å². The predicted molar refractivity (Wildman–Crippen MR) is 127 cm³/mol. The number of rotatable bonds is 9. The van der Waals surface area contributed by atoms with E-state index < -0.39 is 52.3 Å². The first-order chi connectivity index (χ1) is 17.9. The van der Waals surface area contributed by atoms with Crippen molar-refractivity contribution in [3.63, 3.8) is 0 Å². The van der Waals surface area contributed by atoms with Gasteiger partial charge in [0.05, 0.1) is 16.5 Å². The Morgan fingerprint density at radius 2 is 1.79 bits per heavy atom. The SMILES string of the molecule is COC(Oc1ccccc1Oc1cc(-c2c(C(F)(F)F)n(C)c(=O)[nH]c2=O)c(F)cc1Cl)C(=O)OCCCl. The largest absolute Gasteiger partial charge is 0.460 e. The van der Waals surface area contributed by atoms with Crippen LogP contribution in [-0.4, -0.2) is 41.4 Å².